The maximum absolute atomic E-state index is 12.4. The monoisotopic (exact) mass is 440 g/mol. The van der Waals surface area contributed by atoms with Crippen LogP contribution in [0.25, 0.3) is 0 Å². The SMILES string of the molecule is CC(C)[C@@H](C)C=C[C@@H](C)[C@H]1CCC2=C(C=O)[C@@H]([C@@]3(C)CCC(=O)C=C3C(=O)O)CC[C@@]21C. The van der Waals surface area contributed by atoms with E-state index in [9.17, 15) is 19.5 Å². The number of carboxylic acids is 1. The molecular formula is C28H40O4. The van der Waals surface area contributed by atoms with Crippen molar-refractivity contribution < 1.29 is 19.5 Å². The highest BCUT2D eigenvalue weighted by Crippen LogP contribution is 2.61. The van der Waals surface area contributed by atoms with Crippen molar-refractivity contribution in [1.29, 1.82) is 0 Å². The van der Waals surface area contributed by atoms with Crippen molar-refractivity contribution in [3.05, 3.63) is 34.9 Å². The van der Waals surface area contributed by atoms with Gasteiger partial charge in [0.1, 0.15) is 6.29 Å². The zero-order chi connectivity index (χ0) is 23.8. The first kappa shape index (κ1) is 24.7. The first-order valence-corrected chi connectivity index (χ1v) is 12.3. The zero-order valence-electron chi connectivity index (χ0n) is 20.6. The van der Waals surface area contributed by atoms with E-state index in [4.69, 9.17) is 0 Å². The van der Waals surface area contributed by atoms with Gasteiger partial charge in [0.05, 0.1) is 0 Å². The number of aldehydes is 1. The Labute approximate surface area is 193 Å². The third-order valence-electron chi connectivity index (χ3n) is 9.23. The fourth-order valence-electron chi connectivity index (χ4n) is 6.70. The van der Waals surface area contributed by atoms with Crippen LogP contribution in [0.5, 0.6) is 0 Å². The van der Waals surface area contributed by atoms with E-state index in [2.05, 4.69) is 46.8 Å². The van der Waals surface area contributed by atoms with E-state index in [0.717, 1.165) is 37.5 Å². The fourth-order valence-corrected chi connectivity index (χ4v) is 6.70. The summed E-state index contributed by atoms with van der Waals surface area (Å²) in [5.41, 5.74) is 1.54. The summed E-state index contributed by atoms with van der Waals surface area (Å²) in [4.78, 5) is 36.4. The third-order valence-corrected chi connectivity index (χ3v) is 9.23. The zero-order valence-corrected chi connectivity index (χ0v) is 20.6. The lowest BCUT2D eigenvalue weighted by molar-refractivity contribution is -0.135. The van der Waals surface area contributed by atoms with Crippen molar-refractivity contribution in [3.8, 4) is 0 Å². The Morgan fingerprint density at radius 3 is 2.34 bits per heavy atom. The van der Waals surface area contributed by atoms with E-state index >= 15 is 0 Å². The smallest absolute Gasteiger partial charge is 0.332 e. The molecule has 0 aromatic carbocycles. The van der Waals surface area contributed by atoms with Crippen LogP contribution in [0.2, 0.25) is 0 Å². The van der Waals surface area contributed by atoms with Crippen molar-refractivity contribution in [2.75, 3.05) is 0 Å². The van der Waals surface area contributed by atoms with Gasteiger partial charge in [0.15, 0.2) is 5.78 Å². The number of carbonyl (C=O) groups excluding carboxylic acids is 2. The van der Waals surface area contributed by atoms with E-state index < -0.39 is 11.4 Å². The van der Waals surface area contributed by atoms with Crippen molar-refractivity contribution in [3.63, 3.8) is 0 Å². The molecule has 176 valence electrons. The Morgan fingerprint density at radius 2 is 1.75 bits per heavy atom. The van der Waals surface area contributed by atoms with Crippen LogP contribution in [0.3, 0.4) is 0 Å². The molecule has 0 spiro atoms. The molecule has 32 heavy (non-hydrogen) atoms. The van der Waals surface area contributed by atoms with Gasteiger partial charge in [0, 0.05) is 17.4 Å². The molecule has 0 heterocycles. The molecule has 1 fully saturated rings. The molecule has 0 saturated heterocycles. The molecule has 4 nitrogen and oxygen atoms in total. The summed E-state index contributed by atoms with van der Waals surface area (Å²) in [5.74, 6) is 0.774. The minimum Gasteiger partial charge on any atom is -0.478 e. The molecule has 0 aliphatic heterocycles. The number of carbonyl (C=O) groups is 3. The summed E-state index contributed by atoms with van der Waals surface area (Å²) in [6.45, 7) is 13.3. The molecule has 0 aromatic rings. The van der Waals surface area contributed by atoms with E-state index in [1.807, 2.05) is 6.92 Å². The van der Waals surface area contributed by atoms with Gasteiger partial charge in [-0.1, -0.05) is 59.3 Å². The van der Waals surface area contributed by atoms with E-state index in [-0.39, 0.29) is 22.7 Å². The Morgan fingerprint density at radius 1 is 1.06 bits per heavy atom. The Bertz CT molecular complexity index is 876. The summed E-state index contributed by atoms with van der Waals surface area (Å²) in [6, 6.07) is 0. The van der Waals surface area contributed by atoms with Crippen LogP contribution in [0.4, 0.5) is 0 Å². The van der Waals surface area contributed by atoms with Crippen LogP contribution < -0.4 is 0 Å². The van der Waals surface area contributed by atoms with Crippen molar-refractivity contribution in [2.24, 2.45) is 40.4 Å². The molecule has 0 unspecified atom stereocenters. The Balaban J connectivity index is 1.96. The summed E-state index contributed by atoms with van der Waals surface area (Å²) in [7, 11) is 0. The third kappa shape index (κ3) is 4.18. The molecule has 0 aromatic heterocycles. The van der Waals surface area contributed by atoms with Crippen LogP contribution in [0.15, 0.2) is 34.9 Å². The van der Waals surface area contributed by atoms with E-state index in [0.29, 0.717) is 36.5 Å². The van der Waals surface area contributed by atoms with Gasteiger partial charge in [-0.15, -0.1) is 0 Å². The summed E-state index contributed by atoms with van der Waals surface area (Å²) < 4.78 is 0. The van der Waals surface area contributed by atoms with Crippen LogP contribution in [-0.2, 0) is 14.4 Å². The highest BCUT2D eigenvalue weighted by atomic mass is 16.4. The standard InChI is InChI=1S/C28H40O4/c1-17(2)18(3)7-8-19(4)22-9-10-23-21(16-29)24(12-14-27(22,23)5)28(6)13-11-20(30)15-25(28)26(31)32/h7-8,15-19,22,24H,9-14H2,1-6H3,(H,31,32)/t18-,19+,22+,24-,27+,28+/m0/s1. The minimum absolute atomic E-state index is 0.0223. The molecule has 3 aliphatic rings. The number of rotatable bonds is 7. The molecule has 0 amide bonds. The molecule has 6 atom stereocenters. The van der Waals surface area contributed by atoms with E-state index in [1.54, 1.807) is 0 Å². The predicted octanol–water partition coefficient (Wildman–Crippen LogP) is 6.17. The number of hydrogen-bond donors (Lipinski definition) is 1. The van der Waals surface area contributed by atoms with Gasteiger partial charge in [-0.05, 0) is 78.8 Å². The number of carboxylic acid groups (broad SMARTS) is 1. The number of allylic oxidation sites excluding steroid dienone is 5. The molecule has 3 rings (SSSR count). The van der Waals surface area contributed by atoms with Gasteiger partial charge in [-0.25, -0.2) is 4.79 Å². The number of fused-ring (bicyclic) bond motifs is 1. The molecular weight excluding hydrogens is 400 g/mol. The van der Waals surface area contributed by atoms with Gasteiger partial charge < -0.3 is 5.11 Å². The normalized spacial score (nSPS) is 35.1. The second-order valence-electron chi connectivity index (χ2n) is 11.3. The molecule has 3 aliphatic carbocycles. The van der Waals surface area contributed by atoms with Crippen LogP contribution in [0.1, 0.15) is 80.1 Å². The van der Waals surface area contributed by atoms with Gasteiger partial charge in [0.2, 0.25) is 0 Å². The van der Waals surface area contributed by atoms with Gasteiger partial charge >= 0.3 is 5.97 Å². The van der Waals surface area contributed by atoms with Gasteiger partial charge in [-0.3, -0.25) is 9.59 Å². The predicted molar refractivity (Wildman–Crippen MR) is 127 cm³/mol. The number of hydrogen-bond acceptors (Lipinski definition) is 3. The van der Waals surface area contributed by atoms with Gasteiger partial charge in [-0.2, -0.15) is 0 Å². The number of ketones is 1. The average molecular weight is 441 g/mol. The van der Waals surface area contributed by atoms with Crippen molar-refractivity contribution in [1.82, 2.24) is 0 Å². The minimum atomic E-state index is -1.04. The van der Waals surface area contributed by atoms with Crippen LogP contribution >= 0.6 is 0 Å². The lowest BCUT2D eigenvalue weighted by Crippen LogP contribution is -2.42. The highest BCUT2D eigenvalue weighted by molar-refractivity contribution is 6.01. The molecule has 0 bridgehead atoms. The fraction of sp³-hybridized carbons (Fsp3) is 0.679. The van der Waals surface area contributed by atoms with Crippen molar-refractivity contribution in [2.45, 2.75) is 80.1 Å². The lowest BCUT2D eigenvalue weighted by atomic mass is 9.55. The molecule has 4 heteroatoms. The maximum Gasteiger partial charge on any atom is 0.332 e. The summed E-state index contributed by atoms with van der Waals surface area (Å²) in [5, 5.41) is 9.84. The Hall–Kier alpha value is -1.97. The van der Waals surface area contributed by atoms with E-state index in [1.165, 1.54) is 11.6 Å². The molecule has 1 N–H and O–H groups in total. The molecule has 1 saturated carbocycles. The topological polar surface area (TPSA) is 71.4 Å². The summed E-state index contributed by atoms with van der Waals surface area (Å²) >= 11 is 0. The second-order valence-corrected chi connectivity index (χ2v) is 11.3. The average Bonchev–Trinajstić information content (AvgIpc) is 3.09. The number of aliphatic carboxylic acids is 1. The first-order chi connectivity index (χ1) is 15.0. The van der Waals surface area contributed by atoms with Crippen LogP contribution in [0, 0.1) is 40.4 Å². The molecule has 0 radical (unpaired) electrons. The quantitative estimate of drug-likeness (QED) is 0.379. The lowest BCUT2D eigenvalue weighted by Gasteiger charge is -2.48. The van der Waals surface area contributed by atoms with Gasteiger partial charge in [0.25, 0.3) is 0 Å². The highest BCUT2D eigenvalue weighted by Gasteiger charge is 2.53. The maximum atomic E-state index is 12.4. The summed E-state index contributed by atoms with van der Waals surface area (Å²) in [6.07, 6.45) is 11.6. The van der Waals surface area contributed by atoms with Crippen molar-refractivity contribution >= 4 is 18.0 Å². The van der Waals surface area contributed by atoms with Crippen LogP contribution in [-0.4, -0.2) is 23.1 Å². The second kappa shape index (κ2) is 9.11. The Kier molecular flexibility index (Phi) is 7.02. The largest absolute Gasteiger partial charge is 0.478 e. The first-order valence-electron chi connectivity index (χ1n) is 12.3.